The van der Waals surface area contributed by atoms with E-state index in [4.69, 9.17) is 4.42 Å². The summed E-state index contributed by atoms with van der Waals surface area (Å²) in [6.45, 7) is 6.10. The van der Waals surface area contributed by atoms with Crippen molar-refractivity contribution >= 4 is 27.3 Å². The molecule has 0 saturated carbocycles. The molecule has 0 unspecified atom stereocenters. The van der Waals surface area contributed by atoms with Gasteiger partial charge < -0.3 is 9.73 Å². The van der Waals surface area contributed by atoms with Crippen molar-refractivity contribution in [2.24, 2.45) is 0 Å². The first kappa shape index (κ1) is 13.7. The number of nitrogens with zero attached hydrogens (tertiary/aromatic N) is 2. The van der Waals surface area contributed by atoms with Gasteiger partial charge in [-0.1, -0.05) is 6.92 Å². The molecule has 2 heterocycles. The van der Waals surface area contributed by atoms with Gasteiger partial charge in [-0.25, -0.2) is 0 Å². The molecule has 0 amide bonds. The summed E-state index contributed by atoms with van der Waals surface area (Å²) >= 11 is 5.12. The SMILES string of the molecule is CCCNCCc1nnc(-c2cc(C)c(Br)s2)o1. The topological polar surface area (TPSA) is 51.0 Å². The van der Waals surface area contributed by atoms with E-state index in [0.29, 0.717) is 11.8 Å². The molecular weight excluding hydrogens is 314 g/mol. The lowest BCUT2D eigenvalue weighted by molar-refractivity contribution is 0.495. The Bertz CT molecular complexity index is 490. The van der Waals surface area contributed by atoms with Crippen molar-refractivity contribution in [3.63, 3.8) is 0 Å². The molecule has 0 aliphatic carbocycles. The van der Waals surface area contributed by atoms with Gasteiger partial charge in [-0.15, -0.1) is 21.5 Å². The minimum atomic E-state index is 0.610. The first-order valence-corrected chi connectivity index (χ1v) is 7.61. The predicted octanol–water partition coefficient (Wildman–Crippen LogP) is 3.41. The standard InChI is InChI=1S/C12H16BrN3OS/c1-3-5-14-6-4-10-15-16-12(17-10)9-7-8(2)11(13)18-9/h7,14H,3-6H2,1-2H3. The summed E-state index contributed by atoms with van der Waals surface area (Å²) in [5.41, 5.74) is 1.19. The highest BCUT2D eigenvalue weighted by atomic mass is 79.9. The van der Waals surface area contributed by atoms with Crippen LogP contribution in [0.4, 0.5) is 0 Å². The zero-order valence-electron chi connectivity index (χ0n) is 10.5. The summed E-state index contributed by atoms with van der Waals surface area (Å²) in [5, 5.41) is 11.5. The maximum Gasteiger partial charge on any atom is 0.257 e. The number of halogens is 1. The van der Waals surface area contributed by atoms with E-state index >= 15 is 0 Å². The van der Waals surface area contributed by atoms with Crippen LogP contribution in [0, 0.1) is 6.92 Å². The van der Waals surface area contributed by atoms with Gasteiger partial charge in [0.25, 0.3) is 5.89 Å². The Labute approximate surface area is 119 Å². The third-order valence-electron chi connectivity index (χ3n) is 2.48. The van der Waals surface area contributed by atoms with E-state index in [9.17, 15) is 0 Å². The van der Waals surface area contributed by atoms with Gasteiger partial charge in [0.05, 0.1) is 8.66 Å². The molecule has 0 atom stereocenters. The molecule has 98 valence electrons. The molecule has 18 heavy (non-hydrogen) atoms. The average Bonchev–Trinajstić information content (AvgIpc) is 2.93. The molecule has 0 aromatic carbocycles. The van der Waals surface area contributed by atoms with Crippen LogP contribution in [-0.4, -0.2) is 23.3 Å². The first-order valence-electron chi connectivity index (χ1n) is 6.00. The molecule has 6 heteroatoms. The fourth-order valence-electron chi connectivity index (χ4n) is 1.52. The maximum absolute atomic E-state index is 5.65. The Morgan fingerprint density at radius 1 is 1.39 bits per heavy atom. The van der Waals surface area contributed by atoms with E-state index in [-0.39, 0.29) is 0 Å². The number of hydrogen-bond donors (Lipinski definition) is 1. The van der Waals surface area contributed by atoms with Crippen molar-refractivity contribution in [3.8, 4) is 10.8 Å². The summed E-state index contributed by atoms with van der Waals surface area (Å²) in [7, 11) is 0. The van der Waals surface area contributed by atoms with Gasteiger partial charge in [0.1, 0.15) is 0 Å². The van der Waals surface area contributed by atoms with Crippen LogP contribution in [0.1, 0.15) is 24.8 Å². The van der Waals surface area contributed by atoms with Crippen molar-refractivity contribution in [2.45, 2.75) is 26.7 Å². The van der Waals surface area contributed by atoms with E-state index in [1.165, 1.54) is 5.56 Å². The Balaban J connectivity index is 1.97. The van der Waals surface area contributed by atoms with E-state index < -0.39 is 0 Å². The van der Waals surface area contributed by atoms with Gasteiger partial charge in [0, 0.05) is 13.0 Å². The Morgan fingerprint density at radius 2 is 2.22 bits per heavy atom. The molecule has 1 N–H and O–H groups in total. The molecule has 0 radical (unpaired) electrons. The van der Waals surface area contributed by atoms with E-state index in [2.05, 4.69) is 51.4 Å². The number of hydrogen-bond acceptors (Lipinski definition) is 5. The fraction of sp³-hybridized carbons (Fsp3) is 0.500. The molecule has 2 aromatic rings. The number of aromatic nitrogens is 2. The second-order valence-corrected chi connectivity index (χ2v) is 6.44. The smallest absolute Gasteiger partial charge is 0.257 e. The summed E-state index contributed by atoms with van der Waals surface area (Å²) in [4.78, 5) is 1.01. The third kappa shape index (κ3) is 3.40. The highest BCUT2D eigenvalue weighted by molar-refractivity contribution is 9.11. The average molecular weight is 330 g/mol. The fourth-order valence-corrected chi connectivity index (χ4v) is 2.97. The number of thiophene rings is 1. The molecule has 4 nitrogen and oxygen atoms in total. The van der Waals surface area contributed by atoms with E-state index in [1.807, 2.05) is 0 Å². The zero-order valence-corrected chi connectivity index (χ0v) is 12.9. The molecule has 0 aliphatic rings. The second-order valence-electron chi connectivity index (χ2n) is 4.07. The van der Waals surface area contributed by atoms with Crippen molar-refractivity contribution in [3.05, 3.63) is 21.3 Å². The van der Waals surface area contributed by atoms with Crippen LogP contribution in [0.25, 0.3) is 10.8 Å². The van der Waals surface area contributed by atoms with Crippen LogP contribution in [0.5, 0.6) is 0 Å². The van der Waals surface area contributed by atoms with Crippen molar-refractivity contribution < 1.29 is 4.42 Å². The number of aryl methyl sites for hydroxylation is 1. The molecule has 0 bridgehead atoms. The maximum atomic E-state index is 5.65. The lowest BCUT2D eigenvalue weighted by Crippen LogP contribution is -2.17. The van der Waals surface area contributed by atoms with Crippen LogP contribution in [-0.2, 0) is 6.42 Å². The third-order valence-corrected chi connectivity index (χ3v) is 4.60. The van der Waals surface area contributed by atoms with Crippen LogP contribution >= 0.6 is 27.3 Å². The van der Waals surface area contributed by atoms with Crippen LogP contribution in [0.3, 0.4) is 0 Å². The quantitative estimate of drug-likeness (QED) is 0.825. The van der Waals surface area contributed by atoms with Gasteiger partial charge in [0.15, 0.2) is 0 Å². The van der Waals surface area contributed by atoms with Crippen LogP contribution in [0.15, 0.2) is 14.3 Å². The normalized spacial score (nSPS) is 11.1. The monoisotopic (exact) mass is 329 g/mol. The first-order chi connectivity index (χ1) is 8.70. The lowest BCUT2D eigenvalue weighted by Gasteiger charge is -1.98. The number of nitrogens with one attached hydrogen (secondary N) is 1. The summed E-state index contributed by atoms with van der Waals surface area (Å²) in [5.74, 6) is 1.30. The highest BCUT2D eigenvalue weighted by Crippen LogP contribution is 2.33. The molecular formula is C12H16BrN3OS. The summed E-state index contributed by atoms with van der Waals surface area (Å²) in [6.07, 6.45) is 1.91. The Morgan fingerprint density at radius 3 is 2.89 bits per heavy atom. The molecule has 0 saturated heterocycles. The second kappa shape index (κ2) is 6.45. The highest BCUT2D eigenvalue weighted by Gasteiger charge is 2.12. The lowest BCUT2D eigenvalue weighted by atomic mass is 10.3. The minimum absolute atomic E-state index is 0.610. The summed E-state index contributed by atoms with van der Waals surface area (Å²) in [6, 6.07) is 2.06. The van der Waals surface area contributed by atoms with Crippen molar-refractivity contribution in [1.82, 2.24) is 15.5 Å². The summed E-state index contributed by atoms with van der Waals surface area (Å²) < 4.78 is 6.76. The van der Waals surface area contributed by atoms with Gasteiger partial charge in [-0.3, -0.25) is 0 Å². The van der Waals surface area contributed by atoms with Gasteiger partial charge in [-0.2, -0.15) is 0 Å². The Kier molecular flexibility index (Phi) is 4.91. The predicted molar refractivity (Wildman–Crippen MR) is 76.9 cm³/mol. The molecule has 2 aromatic heterocycles. The van der Waals surface area contributed by atoms with E-state index in [1.54, 1.807) is 11.3 Å². The Hall–Kier alpha value is -0.720. The van der Waals surface area contributed by atoms with Crippen LogP contribution in [0.2, 0.25) is 0 Å². The largest absolute Gasteiger partial charge is 0.420 e. The molecule has 0 spiro atoms. The minimum Gasteiger partial charge on any atom is -0.420 e. The van der Waals surface area contributed by atoms with Crippen molar-refractivity contribution in [1.29, 1.82) is 0 Å². The van der Waals surface area contributed by atoms with Crippen LogP contribution < -0.4 is 5.32 Å². The zero-order chi connectivity index (χ0) is 13.0. The number of rotatable bonds is 6. The van der Waals surface area contributed by atoms with E-state index in [0.717, 1.165) is 34.6 Å². The molecule has 0 fully saturated rings. The molecule has 0 aliphatic heterocycles. The van der Waals surface area contributed by atoms with Gasteiger partial charge >= 0.3 is 0 Å². The molecule has 2 rings (SSSR count). The van der Waals surface area contributed by atoms with Gasteiger partial charge in [-0.05, 0) is 47.4 Å². The van der Waals surface area contributed by atoms with Crippen molar-refractivity contribution in [2.75, 3.05) is 13.1 Å². The van der Waals surface area contributed by atoms with Gasteiger partial charge in [0.2, 0.25) is 5.89 Å².